The zero-order valence-corrected chi connectivity index (χ0v) is 34.1. The largest absolute Gasteiger partial charge is 0.416 e. The molecule has 10 aromatic rings. The van der Waals surface area contributed by atoms with Crippen LogP contribution in [0.25, 0.3) is 88.4 Å². The average Bonchev–Trinajstić information content (AvgIpc) is 3.86. The summed E-state index contributed by atoms with van der Waals surface area (Å²) in [6, 6.07) is 55.7. The molecule has 0 saturated heterocycles. The molecule has 0 fully saturated rings. The summed E-state index contributed by atoms with van der Waals surface area (Å²) < 4.78 is 46.5. The molecule has 0 spiro atoms. The van der Waals surface area contributed by atoms with Crippen molar-refractivity contribution in [2.24, 2.45) is 0 Å². The number of halogens is 3. The van der Waals surface area contributed by atoms with Gasteiger partial charge in [-0.2, -0.15) is 44.7 Å². The summed E-state index contributed by atoms with van der Waals surface area (Å²) in [6.07, 6.45) is -4.74. The van der Waals surface area contributed by atoms with Crippen LogP contribution in [0.5, 0.6) is 0 Å². The number of fused-ring (bicyclic) bond motifs is 6. The van der Waals surface area contributed by atoms with Crippen LogP contribution in [0.15, 0.2) is 152 Å². The first-order chi connectivity index (χ1) is 32.1. The zero-order valence-electron chi connectivity index (χ0n) is 34.1. The second kappa shape index (κ2) is 15.5. The predicted octanol–water partition coefficient (Wildman–Crippen LogP) is 13.1. The average molecular weight is 855 g/mol. The highest BCUT2D eigenvalue weighted by Crippen LogP contribution is 2.44. The highest BCUT2D eigenvalue weighted by atomic mass is 19.4. The first-order valence-electron chi connectivity index (χ1n) is 20.2. The summed E-state index contributed by atoms with van der Waals surface area (Å²) in [5.74, 6) is 0. The van der Waals surface area contributed by atoms with E-state index >= 15 is 0 Å². The van der Waals surface area contributed by atoms with Crippen molar-refractivity contribution in [3.8, 4) is 81.2 Å². The molecule has 0 amide bonds. The van der Waals surface area contributed by atoms with Gasteiger partial charge in [0.2, 0.25) is 0 Å². The minimum Gasteiger partial charge on any atom is -0.309 e. The van der Waals surface area contributed by atoms with Crippen molar-refractivity contribution in [2.45, 2.75) is 6.18 Å². The van der Waals surface area contributed by atoms with Gasteiger partial charge in [-0.3, -0.25) is 0 Å². The van der Waals surface area contributed by atoms with Crippen LogP contribution >= 0.6 is 0 Å². The SMILES string of the molecule is N#Cc1ccc(-c2ccc3c4ccccc4n(-c4cc(-c5ccc(C(F)(F)F)cc5C#N)c(-n5c6ccccc6c6ccc(-c7ccc(C#N)cc7C#N)cc65)cc4C#N)c3c2)c(C#N)c1. The summed E-state index contributed by atoms with van der Waals surface area (Å²) in [5.41, 5.74) is 6.69. The zero-order chi connectivity index (χ0) is 45.9. The molecule has 0 radical (unpaired) electrons. The first kappa shape index (κ1) is 40.2. The lowest BCUT2D eigenvalue weighted by atomic mass is 9.94. The van der Waals surface area contributed by atoms with E-state index in [-0.39, 0.29) is 22.3 Å². The molecule has 11 heteroatoms. The molecule has 8 nitrogen and oxygen atoms in total. The van der Waals surface area contributed by atoms with Gasteiger partial charge in [-0.1, -0.05) is 78.9 Å². The Balaban J connectivity index is 1.32. The molecular formula is C55H25F3N8. The van der Waals surface area contributed by atoms with Crippen LogP contribution in [0, 0.1) is 68.0 Å². The molecule has 66 heavy (non-hydrogen) atoms. The molecule has 0 aliphatic heterocycles. The Morgan fingerprint density at radius 1 is 0.348 bits per heavy atom. The van der Waals surface area contributed by atoms with Crippen molar-refractivity contribution in [2.75, 3.05) is 0 Å². The number of nitrogens with zero attached hydrogens (tertiary/aromatic N) is 8. The number of aromatic nitrogens is 2. The summed E-state index contributed by atoms with van der Waals surface area (Å²) in [5, 5.41) is 64.4. The van der Waals surface area contributed by atoms with Gasteiger partial charge in [-0.25, -0.2) is 0 Å². The van der Waals surface area contributed by atoms with E-state index in [1.807, 2.05) is 100 Å². The lowest BCUT2D eigenvalue weighted by molar-refractivity contribution is -0.137. The Bertz CT molecular complexity index is 4020. The van der Waals surface area contributed by atoms with E-state index < -0.39 is 11.7 Å². The second-order valence-corrected chi connectivity index (χ2v) is 15.5. The van der Waals surface area contributed by atoms with E-state index in [0.717, 1.165) is 33.7 Å². The van der Waals surface area contributed by atoms with Crippen LogP contribution < -0.4 is 0 Å². The van der Waals surface area contributed by atoms with Crippen LogP contribution in [-0.4, -0.2) is 9.13 Å². The summed E-state index contributed by atoms with van der Waals surface area (Å²) in [7, 11) is 0. The highest BCUT2D eigenvalue weighted by Gasteiger charge is 2.32. The number of hydrogen-bond donors (Lipinski definition) is 0. The van der Waals surface area contributed by atoms with Gasteiger partial charge in [0.1, 0.15) is 6.07 Å². The van der Waals surface area contributed by atoms with Crippen LogP contribution in [0.2, 0.25) is 0 Å². The molecule has 0 aliphatic rings. The van der Waals surface area contributed by atoms with E-state index in [4.69, 9.17) is 0 Å². The van der Waals surface area contributed by atoms with Gasteiger partial charge < -0.3 is 9.13 Å². The van der Waals surface area contributed by atoms with Gasteiger partial charge in [-0.05, 0) is 95.1 Å². The molecular weight excluding hydrogens is 830 g/mol. The number of rotatable bonds is 5. The Morgan fingerprint density at radius 2 is 0.803 bits per heavy atom. The lowest BCUT2D eigenvalue weighted by Crippen LogP contribution is -2.07. The molecule has 0 atom stereocenters. The van der Waals surface area contributed by atoms with Gasteiger partial charge >= 0.3 is 6.18 Å². The Kier molecular flexibility index (Phi) is 9.41. The molecule has 0 N–H and O–H groups in total. The molecule has 8 aromatic carbocycles. The fourth-order valence-corrected chi connectivity index (χ4v) is 9.01. The summed E-state index contributed by atoms with van der Waals surface area (Å²) in [6.45, 7) is 0. The Labute approximate surface area is 374 Å². The highest BCUT2D eigenvalue weighted by molar-refractivity contribution is 6.12. The minimum absolute atomic E-state index is 0.185. The van der Waals surface area contributed by atoms with Crippen molar-refractivity contribution in [1.82, 2.24) is 9.13 Å². The topological polar surface area (TPSA) is 153 Å². The summed E-state index contributed by atoms with van der Waals surface area (Å²) in [4.78, 5) is 0. The third-order valence-corrected chi connectivity index (χ3v) is 12.0. The standard InChI is InChI=1S/C55H25F3N8/c56-55(57,58)40-13-18-43(38(21-40)30-63)48-25-51(65-49-7-3-1-5-44(49)46-16-11-34(22-52(46)65)41-14-9-32(26-59)19-36(41)28-61)39(31-64)24-54(48)66-50-8-4-2-6-45(50)47-17-12-35(23-53(47)66)42-15-10-33(27-60)20-37(42)29-62/h1-25H. The van der Waals surface area contributed by atoms with Crippen molar-refractivity contribution < 1.29 is 13.2 Å². The first-order valence-corrected chi connectivity index (χ1v) is 20.2. The second-order valence-electron chi connectivity index (χ2n) is 15.5. The van der Waals surface area contributed by atoms with E-state index in [0.29, 0.717) is 77.9 Å². The van der Waals surface area contributed by atoms with E-state index in [9.17, 15) is 44.7 Å². The maximum absolute atomic E-state index is 14.2. The molecule has 0 unspecified atom stereocenters. The Morgan fingerprint density at radius 3 is 1.29 bits per heavy atom. The minimum atomic E-state index is -4.74. The van der Waals surface area contributed by atoms with Crippen LogP contribution in [0.1, 0.15) is 38.9 Å². The molecule has 10 rings (SSSR count). The monoisotopic (exact) mass is 854 g/mol. The number of para-hydroxylation sites is 2. The molecule has 2 heterocycles. The van der Waals surface area contributed by atoms with E-state index in [2.05, 4.69) is 30.3 Å². The number of benzene rings is 8. The maximum Gasteiger partial charge on any atom is 0.416 e. The van der Waals surface area contributed by atoms with Crippen molar-refractivity contribution in [1.29, 1.82) is 31.6 Å². The van der Waals surface area contributed by atoms with Gasteiger partial charge in [-0.15, -0.1) is 0 Å². The van der Waals surface area contributed by atoms with Crippen molar-refractivity contribution in [3.63, 3.8) is 0 Å². The van der Waals surface area contributed by atoms with E-state index in [1.54, 1.807) is 36.4 Å². The smallest absolute Gasteiger partial charge is 0.309 e. The van der Waals surface area contributed by atoms with Gasteiger partial charge in [0, 0.05) is 32.7 Å². The van der Waals surface area contributed by atoms with Gasteiger partial charge in [0.05, 0.1) is 103 Å². The van der Waals surface area contributed by atoms with Gasteiger partial charge in [0.15, 0.2) is 0 Å². The number of nitriles is 6. The third-order valence-electron chi connectivity index (χ3n) is 12.0. The predicted molar refractivity (Wildman–Crippen MR) is 245 cm³/mol. The van der Waals surface area contributed by atoms with Gasteiger partial charge in [0.25, 0.3) is 0 Å². The number of alkyl halides is 3. The normalized spacial score (nSPS) is 11.2. The fourth-order valence-electron chi connectivity index (χ4n) is 9.01. The summed E-state index contributed by atoms with van der Waals surface area (Å²) >= 11 is 0. The number of hydrogen-bond acceptors (Lipinski definition) is 6. The maximum atomic E-state index is 14.2. The molecule has 0 saturated carbocycles. The lowest BCUT2D eigenvalue weighted by Gasteiger charge is -2.20. The van der Waals surface area contributed by atoms with Crippen LogP contribution in [-0.2, 0) is 6.18 Å². The molecule has 0 bridgehead atoms. The van der Waals surface area contributed by atoms with Crippen molar-refractivity contribution in [3.05, 3.63) is 191 Å². The third kappa shape index (κ3) is 6.34. The molecule has 2 aromatic heterocycles. The molecule has 0 aliphatic carbocycles. The van der Waals surface area contributed by atoms with E-state index in [1.165, 1.54) is 18.2 Å². The quantitative estimate of drug-likeness (QED) is 0.168. The van der Waals surface area contributed by atoms with Crippen LogP contribution in [0.4, 0.5) is 13.2 Å². The van der Waals surface area contributed by atoms with Crippen LogP contribution in [0.3, 0.4) is 0 Å². The molecule has 306 valence electrons. The Hall–Kier alpha value is -9.91. The van der Waals surface area contributed by atoms with Crippen molar-refractivity contribution >= 4 is 43.6 Å². The fraction of sp³-hybridized carbons (Fsp3) is 0.0182.